The van der Waals surface area contributed by atoms with Gasteiger partial charge in [0.2, 0.25) is 0 Å². The van der Waals surface area contributed by atoms with E-state index in [4.69, 9.17) is 76.6 Å². The van der Waals surface area contributed by atoms with Gasteiger partial charge in [-0.25, -0.2) is 0 Å². The molecule has 0 aliphatic heterocycles. The van der Waals surface area contributed by atoms with Gasteiger partial charge in [0.05, 0.1) is 25.4 Å². The molecule has 0 aliphatic carbocycles. The molecule has 0 heterocycles. The van der Waals surface area contributed by atoms with Gasteiger partial charge in [0.25, 0.3) is 0 Å². The van der Waals surface area contributed by atoms with Crippen molar-refractivity contribution in [2.75, 3.05) is 0 Å². The van der Waals surface area contributed by atoms with E-state index in [2.05, 4.69) is 0 Å². The van der Waals surface area contributed by atoms with E-state index in [0.29, 0.717) is 0 Å². The van der Waals surface area contributed by atoms with Crippen LogP contribution in [0.2, 0.25) is 0 Å². The molecule has 0 atom stereocenters. The first-order chi connectivity index (χ1) is 8.66. The summed E-state index contributed by atoms with van der Waals surface area (Å²) in [6.45, 7) is 0. The van der Waals surface area contributed by atoms with Gasteiger partial charge in [-0.2, -0.15) is 0 Å². The molecule has 22 heavy (non-hydrogen) atoms. The first-order valence-electron chi connectivity index (χ1n) is 2.74. The van der Waals surface area contributed by atoms with E-state index in [0.717, 1.165) is 0 Å². The minimum absolute atomic E-state index is 0. The molecule has 0 N–H and O–H groups in total. The maximum Gasteiger partial charge on any atom is 4.00 e. The SMILES string of the molecule is O=[N+]([O-])[O-].O=[N+]([O-])[O-].O=[N+]([O-])[O-].O=[N+]([O-])[O-].O=[N+]([O-])[O-].[Na+].[Sn+4]. The predicted molar refractivity (Wildman–Crippen MR) is 57.6 cm³/mol. The molecule has 0 aromatic rings. The average Bonchev–Trinajstić information content (AvgIpc) is 1.94. The zero-order chi connectivity index (χ0) is 17.9. The van der Waals surface area contributed by atoms with Gasteiger partial charge in [0.15, 0.2) is 0 Å². The van der Waals surface area contributed by atoms with Crippen LogP contribution in [0.25, 0.3) is 0 Å². The number of hydrogen-bond donors (Lipinski definition) is 0. The van der Waals surface area contributed by atoms with Gasteiger partial charge < -0.3 is 76.6 Å². The van der Waals surface area contributed by atoms with Crippen LogP contribution in [-0.4, -0.2) is 49.3 Å². The monoisotopic (exact) mass is 453 g/mol. The fourth-order valence-corrected chi connectivity index (χ4v) is 0. The third-order valence-corrected chi connectivity index (χ3v) is 0. The minimum atomic E-state index is -1.75. The van der Waals surface area contributed by atoms with E-state index in [-0.39, 0.29) is 53.5 Å². The van der Waals surface area contributed by atoms with E-state index >= 15 is 0 Å². The second kappa shape index (κ2) is 36.4. The zero-order valence-corrected chi connectivity index (χ0v) is 14.7. The largest absolute Gasteiger partial charge is 4.00 e. The molecule has 0 rings (SSSR count). The van der Waals surface area contributed by atoms with Crippen LogP contribution in [0.4, 0.5) is 0 Å². The zero-order valence-electron chi connectivity index (χ0n) is 9.86. The smallest absolute Gasteiger partial charge is 0.356 e. The van der Waals surface area contributed by atoms with Gasteiger partial charge in [-0.1, -0.05) is 0 Å². The van der Waals surface area contributed by atoms with Crippen molar-refractivity contribution in [3.05, 3.63) is 76.6 Å². The predicted octanol–water partition coefficient (Wildman–Crippen LogP) is -4.57. The van der Waals surface area contributed by atoms with Crippen LogP contribution in [-0.2, 0) is 0 Å². The van der Waals surface area contributed by atoms with Gasteiger partial charge >= 0.3 is 53.5 Å². The Kier molecular flexibility index (Phi) is 70.6. The molecule has 120 valence electrons. The number of hydrogen-bond acceptors (Lipinski definition) is 15. The van der Waals surface area contributed by atoms with E-state index in [1.165, 1.54) is 0 Å². The Morgan fingerprint density at radius 1 is 0.364 bits per heavy atom. The summed E-state index contributed by atoms with van der Waals surface area (Å²) in [6.07, 6.45) is 0. The van der Waals surface area contributed by atoms with Crippen molar-refractivity contribution in [3.63, 3.8) is 0 Å². The molecule has 20 nitrogen and oxygen atoms in total. The second-order valence-corrected chi connectivity index (χ2v) is 1.12. The molecule has 0 aromatic heterocycles. The van der Waals surface area contributed by atoms with Crippen LogP contribution in [0.1, 0.15) is 0 Å². The summed E-state index contributed by atoms with van der Waals surface area (Å²) in [7, 11) is 0. The van der Waals surface area contributed by atoms with E-state index in [1.54, 1.807) is 0 Å². The summed E-state index contributed by atoms with van der Waals surface area (Å²) in [5.41, 5.74) is 0. The number of nitrogens with zero attached hydrogens (tertiary/aromatic N) is 5. The summed E-state index contributed by atoms with van der Waals surface area (Å²) >= 11 is 0. The Hall–Kier alpha value is -2.20. The summed E-state index contributed by atoms with van der Waals surface area (Å²) in [5, 5.41) is 73.8. The van der Waals surface area contributed by atoms with E-state index < -0.39 is 25.4 Å². The van der Waals surface area contributed by atoms with Crippen molar-refractivity contribution in [1.29, 1.82) is 0 Å². The Bertz CT molecular complexity index is 213. The molecule has 0 fully saturated rings. The molecule has 0 saturated heterocycles. The van der Waals surface area contributed by atoms with Gasteiger partial charge in [-0.05, 0) is 0 Å². The third-order valence-electron chi connectivity index (χ3n) is 0. The summed E-state index contributed by atoms with van der Waals surface area (Å²) in [5.74, 6) is 0. The standard InChI is InChI=1S/5NO3.Na.Sn/c5*2-1(3)4;;/q5*-1;+1;+4. The quantitative estimate of drug-likeness (QED) is 0.190. The van der Waals surface area contributed by atoms with Crippen LogP contribution < -0.4 is 29.6 Å². The maximum atomic E-state index is 8.25. The Labute approximate surface area is 155 Å². The molecule has 0 saturated carbocycles. The molecule has 0 unspecified atom stereocenters. The Morgan fingerprint density at radius 2 is 0.364 bits per heavy atom. The van der Waals surface area contributed by atoms with Crippen LogP contribution >= 0.6 is 0 Å². The molecule has 0 bridgehead atoms. The van der Waals surface area contributed by atoms with Gasteiger partial charge in [0, 0.05) is 0 Å². The summed E-state index contributed by atoms with van der Waals surface area (Å²) in [6, 6.07) is 0. The van der Waals surface area contributed by atoms with Crippen molar-refractivity contribution >= 4 is 23.9 Å². The summed E-state index contributed by atoms with van der Waals surface area (Å²) in [4.78, 5) is 41.2. The fraction of sp³-hybridized carbons (Fsp3) is 0. The van der Waals surface area contributed by atoms with Crippen molar-refractivity contribution in [2.24, 2.45) is 0 Å². The molecule has 0 radical (unpaired) electrons. The average molecular weight is 452 g/mol. The van der Waals surface area contributed by atoms with Crippen molar-refractivity contribution < 1.29 is 55.0 Å². The topological polar surface area (TPSA) is 331 Å². The van der Waals surface area contributed by atoms with Gasteiger partial charge in [-0.15, -0.1) is 0 Å². The van der Waals surface area contributed by atoms with Crippen LogP contribution in [0, 0.1) is 76.6 Å². The van der Waals surface area contributed by atoms with E-state index in [9.17, 15) is 0 Å². The van der Waals surface area contributed by atoms with Crippen LogP contribution in [0.3, 0.4) is 0 Å². The molecule has 22 heteroatoms. The molecular weight excluding hydrogens is 452 g/mol. The van der Waals surface area contributed by atoms with Crippen LogP contribution in [0.15, 0.2) is 0 Å². The molecule has 0 aliphatic rings. The number of rotatable bonds is 0. The van der Waals surface area contributed by atoms with E-state index in [1.807, 2.05) is 0 Å². The normalized spacial score (nSPS) is 5.45. The summed E-state index contributed by atoms with van der Waals surface area (Å²) < 4.78 is 0. The first kappa shape index (κ1) is 42.7. The van der Waals surface area contributed by atoms with Gasteiger partial charge in [-0.3, -0.25) is 0 Å². The Morgan fingerprint density at radius 3 is 0.364 bits per heavy atom. The maximum absolute atomic E-state index is 8.25. The Balaban J connectivity index is -0.0000000250. The van der Waals surface area contributed by atoms with Crippen molar-refractivity contribution in [2.45, 2.75) is 0 Å². The molecule has 0 amide bonds. The molecule has 0 aromatic carbocycles. The van der Waals surface area contributed by atoms with Gasteiger partial charge in [0.1, 0.15) is 0 Å². The molecular formula is N5NaO15Sn. The van der Waals surface area contributed by atoms with Crippen molar-refractivity contribution in [1.82, 2.24) is 0 Å². The molecule has 0 spiro atoms. The van der Waals surface area contributed by atoms with Crippen LogP contribution in [0.5, 0.6) is 0 Å². The fourth-order valence-electron chi connectivity index (χ4n) is 0. The minimum Gasteiger partial charge on any atom is -0.356 e. The third kappa shape index (κ3) is 1040. The second-order valence-electron chi connectivity index (χ2n) is 1.12. The van der Waals surface area contributed by atoms with Crippen molar-refractivity contribution in [3.8, 4) is 0 Å². The first-order valence-corrected chi connectivity index (χ1v) is 2.74.